The standard InChI is InChI=1S/C17H14Cl2O3/c18-15-8-4-12(10-16(15)19)9-14(20)7-3-11-1-5-13(6-2-11)17(21)22/h1-2,4-6,8,10H,3,7,9H2,(H,21,22). The number of carbonyl (C=O) groups is 2. The average molecular weight is 337 g/mol. The van der Waals surface area contributed by atoms with Crippen LogP contribution in [0.1, 0.15) is 27.9 Å². The highest BCUT2D eigenvalue weighted by Crippen LogP contribution is 2.23. The fourth-order valence-corrected chi connectivity index (χ4v) is 2.38. The number of benzene rings is 2. The SMILES string of the molecule is O=C(CCc1ccc(C(=O)O)cc1)Cc1ccc(Cl)c(Cl)c1. The summed E-state index contributed by atoms with van der Waals surface area (Å²) in [6.45, 7) is 0. The second-order valence-corrected chi connectivity index (χ2v) is 5.78. The molecule has 0 radical (unpaired) electrons. The first kappa shape index (κ1) is 16.5. The summed E-state index contributed by atoms with van der Waals surface area (Å²) in [5.74, 6) is -0.858. The van der Waals surface area contributed by atoms with E-state index in [4.69, 9.17) is 28.3 Å². The van der Waals surface area contributed by atoms with Gasteiger partial charge in [0.1, 0.15) is 5.78 Å². The van der Waals surface area contributed by atoms with Crippen LogP contribution in [0.2, 0.25) is 10.0 Å². The van der Waals surface area contributed by atoms with Gasteiger partial charge in [0, 0.05) is 12.8 Å². The van der Waals surface area contributed by atoms with Crippen molar-refractivity contribution >= 4 is 35.0 Å². The second-order valence-electron chi connectivity index (χ2n) is 4.97. The van der Waals surface area contributed by atoms with Crippen molar-refractivity contribution in [3.63, 3.8) is 0 Å². The van der Waals surface area contributed by atoms with Crippen molar-refractivity contribution in [2.24, 2.45) is 0 Å². The van der Waals surface area contributed by atoms with E-state index >= 15 is 0 Å². The molecule has 2 rings (SSSR count). The lowest BCUT2D eigenvalue weighted by atomic mass is 10.0. The van der Waals surface area contributed by atoms with Crippen molar-refractivity contribution < 1.29 is 14.7 Å². The molecule has 0 saturated carbocycles. The zero-order chi connectivity index (χ0) is 16.1. The third kappa shape index (κ3) is 4.58. The fraction of sp³-hybridized carbons (Fsp3) is 0.176. The number of carboxylic acid groups (broad SMARTS) is 1. The van der Waals surface area contributed by atoms with Gasteiger partial charge in [0.2, 0.25) is 0 Å². The van der Waals surface area contributed by atoms with E-state index in [0.29, 0.717) is 29.3 Å². The molecule has 0 fully saturated rings. The van der Waals surface area contributed by atoms with E-state index in [1.54, 1.807) is 42.5 Å². The van der Waals surface area contributed by atoms with Gasteiger partial charge < -0.3 is 5.11 Å². The number of rotatable bonds is 6. The van der Waals surface area contributed by atoms with Crippen LogP contribution >= 0.6 is 23.2 Å². The van der Waals surface area contributed by atoms with Gasteiger partial charge in [-0.25, -0.2) is 4.79 Å². The van der Waals surface area contributed by atoms with Crippen molar-refractivity contribution in [1.29, 1.82) is 0 Å². The molecule has 2 aromatic carbocycles. The lowest BCUT2D eigenvalue weighted by Gasteiger charge is -2.04. The molecule has 5 heteroatoms. The monoisotopic (exact) mass is 336 g/mol. The van der Waals surface area contributed by atoms with Crippen molar-refractivity contribution in [2.45, 2.75) is 19.3 Å². The molecule has 114 valence electrons. The summed E-state index contributed by atoms with van der Waals surface area (Å²) in [4.78, 5) is 22.7. The Hall–Kier alpha value is -1.84. The molecule has 0 bridgehead atoms. The quantitative estimate of drug-likeness (QED) is 0.848. The Morgan fingerprint density at radius 1 is 0.909 bits per heavy atom. The Morgan fingerprint density at radius 2 is 1.55 bits per heavy atom. The molecule has 0 aliphatic rings. The van der Waals surface area contributed by atoms with E-state index in [1.165, 1.54) is 0 Å². The normalized spacial score (nSPS) is 10.5. The summed E-state index contributed by atoms with van der Waals surface area (Å²) in [7, 11) is 0. The maximum atomic E-state index is 12.0. The Balaban J connectivity index is 1.89. The van der Waals surface area contributed by atoms with Crippen molar-refractivity contribution in [3.05, 3.63) is 69.2 Å². The van der Waals surface area contributed by atoms with Gasteiger partial charge in [-0.3, -0.25) is 4.79 Å². The number of halogens is 2. The molecule has 0 spiro atoms. The molecule has 0 atom stereocenters. The zero-order valence-electron chi connectivity index (χ0n) is 11.7. The topological polar surface area (TPSA) is 54.4 Å². The van der Waals surface area contributed by atoms with Crippen molar-refractivity contribution in [1.82, 2.24) is 0 Å². The van der Waals surface area contributed by atoms with Gasteiger partial charge in [0.15, 0.2) is 0 Å². The van der Waals surface area contributed by atoms with Crippen LogP contribution in [0.15, 0.2) is 42.5 Å². The van der Waals surface area contributed by atoms with E-state index in [-0.39, 0.29) is 11.3 Å². The smallest absolute Gasteiger partial charge is 0.335 e. The molecule has 1 N–H and O–H groups in total. The first-order valence-electron chi connectivity index (χ1n) is 6.73. The molecule has 3 nitrogen and oxygen atoms in total. The van der Waals surface area contributed by atoms with E-state index in [0.717, 1.165) is 11.1 Å². The number of carbonyl (C=O) groups excluding carboxylic acids is 1. The van der Waals surface area contributed by atoms with E-state index < -0.39 is 5.97 Å². The van der Waals surface area contributed by atoms with Gasteiger partial charge >= 0.3 is 5.97 Å². The second kappa shape index (κ2) is 7.43. The highest BCUT2D eigenvalue weighted by molar-refractivity contribution is 6.42. The van der Waals surface area contributed by atoms with Gasteiger partial charge in [-0.2, -0.15) is 0 Å². The minimum absolute atomic E-state index is 0.0979. The van der Waals surface area contributed by atoms with E-state index in [9.17, 15) is 9.59 Å². The summed E-state index contributed by atoms with van der Waals surface area (Å²) in [5, 5.41) is 9.74. The summed E-state index contributed by atoms with van der Waals surface area (Å²) < 4.78 is 0. The average Bonchev–Trinajstić information content (AvgIpc) is 2.49. The van der Waals surface area contributed by atoms with E-state index in [1.807, 2.05) is 0 Å². The Labute approximate surface area is 138 Å². The highest BCUT2D eigenvalue weighted by atomic mass is 35.5. The lowest BCUT2D eigenvalue weighted by molar-refractivity contribution is -0.118. The summed E-state index contributed by atoms with van der Waals surface area (Å²) >= 11 is 11.8. The Kier molecular flexibility index (Phi) is 5.58. The summed E-state index contributed by atoms with van der Waals surface area (Å²) in [6.07, 6.45) is 1.29. The van der Waals surface area contributed by atoms with Crippen molar-refractivity contribution in [3.8, 4) is 0 Å². The molecule has 0 unspecified atom stereocenters. The van der Waals surface area contributed by atoms with Crippen LogP contribution in [-0.2, 0) is 17.6 Å². The lowest BCUT2D eigenvalue weighted by Crippen LogP contribution is -2.04. The Morgan fingerprint density at radius 3 is 2.14 bits per heavy atom. The van der Waals surface area contributed by atoms with Crippen LogP contribution < -0.4 is 0 Å². The molecule has 0 heterocycles. The van der Waals surface area contributed by atoms with Gasteiger partial charge in [-0.1, -0.05) is 41.4 Å². The number of aryl methyl sites for hydroxylation is 1. The van der Waals surface area contributed by atoms with Crippen LogP contribution in [0.3, 0.4) is 0 Å². The van der Waals surface area contributed by atoms with Gasteiger partial charge in [0.05, 0.1) is 15.6 Å². The number of carboxylic acids is 1. The number of Topliss-reactive ketones (excluding diaryl/α,β-unsaturated/α-hetero) is 1. The highest BCUT2D eigenvalue weighted by Gasteiger charge is 2.07. The van der Waals surface area contributed by atoms with E-state index in [2.05, 4.69) is 0 Å². The van der Waals surface area contributed by atoms with Gasteiger partial charge in [0.25, 0.3) is 0 Å². The minimum atomic E-state index is -0.956. The molecule has 22 heavy (non-hydrogen) atoms. The van der Waals surface area contributed by atoms with Gasteiger partial charge in [-0.15, -0.1) is 0 Å². The largest absolute Gasteiger partial charge is 0.478 e. The zero-order valence-corrected chi connectivity index (χ0v) is 13.2. The Bertz CT molecular complexity index is 694. The fourth-order valence-electron chi connectivity index (χ4n) is 2.06. The molecular weight excluding hydrogens is 323 g/mol. The van der Waals surface area contributed by atoms with Crippen LogP contribution in [0, 0.1) is 0 Å². The first-order valence-corrected chi connectivity index (χ1v) is 7.49. The molecular formula is C17H14Cl2O3. The first-order chi connectivity index (χ1) is 10.5. The molecule has 0 aliphatic heterocycles. The van der Waals surface area contributed by atoms with Crippen molar-refractivity contribution in [2.75, 3.05) is 0 Å². The van der Waals surface area contributed by atoms with Crippen LogP contribution in [-0.4, -0.2) is 16.9 Å². The van der Waals surface area contributed by atoms with Crippen LogP contribution in [0.25, 0.3) is 0 Å². The minimum Gasteiger partial charge on any atom is -0.478 e. The number of hydrogen-bond acceptors (Lipinski definition) is 2. The van der Waals surface area contributed by atoms with Gasteiger partial charge in [-0.05, 0) is 41.8 Å². The molecule has 0 aliphatic carbocycles. The maximum absolute atomic E-state index is 12.0. The predicted molar refractivity (Wildman–Crippen MR) is 86.9 cm³/mol. The predicted octanol–water partition coefficient (Wildman–Crippen LogP) is 4.44. The van der Waals surface area contributed by atoms with Crippen LogP contribution in [0.4, 0.5) is 0 Å². The molecule has 0 aromatic heterocycles. The molecule has 0 amide bonds. The number of ketones is 1. The molecule has 2 aromatic rings. The van der Waals surface area contributed by atoms with Crippen LogP contribution in [0.5, 0.6) is 0 Å². The third-order valence-electron chi connectivity index (χ3n) is 3.28. The summed E-state index contributed by atoms with van der Waals surface area (Å²) in [5.41, 5.74) is 2.01. The number of aromatic carboxylic acids is 1. The summed E-state index contributed by atoms with van der Waals surface area (Å²) in [6, 6.07) is 11.7. The third-order valence-corrected chi connectivity index (χ3v) is 4.02. The maximum Gasteiger partial charge on any atom is 0.335 e. The number of hydrogen-bond donors (Lipinski definition) is 1. The molecule has 0 saturated heterocycles.